The van der Waals surface area contributed by atoms with Crippen LogP contribution in [0.2, 0.25) is 0 Å². The summed E-state index contributed by atoms with van der Waals surface area (Å²) < 4.78 is 17.3. The van der Waals surface area contributed by atoms with Crippen molar-refractivity contribution in [2.75, 3.05) is 19.8 Å². The summed E-state index contributed by atoms with van der Waals surface area (Å²) in [6, 6.07) is 0. The van der Waals surface area contributed by atoms with Crippen molar-refractivity contribution < 1.29 is 23.8 Å². The van der Waals surface area contributed by atoms with Crippen LogP contribution in [0.25, 0.3) is 0 Å². The number of hydrogen-bond donors (Lipinski definition) is 0. The summed E-state index contributed by atoms with van der Waals surface area (Å²) in [5.74, 6) is -0.489. The third kappa shape index (κ3) is 44.3. The van der Waals surface area contributed by atoms with Gasteiger partial charge in [-0.15, -0.1) is 0 Å². The van der Waals surface area contributed by atoms with Gasteiger partial charge in [-0.2, -0.15) is 0 Å². The van der Waals surface area contributed by atoms with Crippen molar-refractivity contribution in [1.82, 2.24) is 0 Å². The van der Waals surface area contributed by atoms with Crippen LogP contribution in [-0.4, -0.2) is 37.9 Å². The smallest absolute Gasteiger partial charge is 0.306 e. The topological polar surface area (TPSA) is 61.8 Å². The molecule has 56 heavy (non-hydrogen) atoms. The molecular weight excluding hydrogens is 693 g/mol. The Labute approximate surface area is 347 Å². The van der Waals surface area contributed by atoms with Gasteiger partial charge in [0.1, 0.15) is 6.61 Å². The highest BCUT2D eigenvalue weighted by Crippen LogP contribution is 2.14. The molecule has 0 aromatic heterocycles. The number of carbonyl (C=O) groups excluding carboxylic acids is 2. The van der Waals surface area contributed by atoms with Gasteiger partial charge in [0, 0.05) is 19.4 Å². The zero-order valence-corrected chi connectivity index (χ0v) is 37.1. The van der Waals surface area contributed by atoms with Gasteiger partial charge in [0.25, 0.3) is 0 Å². The van der Waals surface area contributed by atoms with Crippen LogP contribution < -0.4 is 0 Å². The molecular formula is C51H90O5. The van der Waals surface area contributed by atoms with Gasteiger partial charge < -0.3 is 14.2 Å². The molecule has 1 unspecified atom stereocenters. The summed E-state index contributed by atoms with van der Waals surface area (Å²) in [4.78, 5) is 25.2. The average Bonchev–Trinajstić information content (AvgIpc) is 3.20. The van der Waals surface area contributed by atoms with Crippen molar-refractivity contribution in [3.63, 3.8) is 0 Å². The first-order valence-electron chi connectivity index (χ1n) is 23.8. The second-order valence-electron chi connectivity index (χ2n) is 15.6. The predicted octanol–water partition coefficient (Wildman–Crippen LogP) is 15.8. The maximum atomic E-state index is 12.7. The molecule has 0 amide bonds. The molecule has 5 nitrogen and oxygen atoms in total. The Morgan fingerprint density at radius 2 is 0.857 bits per heavy atom. The minimum Gasteiger partial charge on any atom is -0.462 e. The quantitative estimate of drug-likeness (QED) is 0.0350. The number of hydrogen-bond acceptors (Lipinski definition) is 5. The summed E-state index contributed by atoms with van der Waals surface area (Å²) in [7, 11) is 0. The lowest BCUT2D eigenvalue weighted by Crippen LogP contribution is -2.30. The van der Waals surface area contributed by atoms with Gasteiger partial charge in [-0.3, -0.25) is 9.59 Å². The second-order valence-corrected chi connectivity index (χ2v) is 15.6. The summed E-state index contributed by atoms with van der Waals surface area (Å²) >= 11 is 0. The number of carbonyl (C=O) groups is 2. The molecule has 0 aromatic rings. The van der Waals surface area contributed by atoms with Gasteiger partial charge in [-0.1, -0.05) is 210 Å². The van der Waals surface area contributed by atoms with E-state index >= 15 is 0 Å². The van der Waals surface area contributed by atoms with Gasteiger partial charge in [-0.25, -0.2) is 0 Å². The number of ether oxygens (including phenoxy) is 3. The summed E-state index contributed by atoms with van der Waals surface area (Å²) in [5.41, 5.74) is 0. The first-order chi connectivity index (χ1) is 27.6. The molecule has 0 saturated heterocycles. The van der Waals surface area contributed by atoms with E-state index in [1.807, 2.05) is 6.08 Å². The van der Waals surface area contributed by atoms with Gasteiger partial charge in [-0.05, 0) is 64.2 Å². The van der Waals surface area contributed by atoms with Gasteiger partial charge in [0.05, 0.1) is 6.61 Å². The summed E-state index contributed by atoms with van der Waals surface area (Å²) in [6.45, 7) is 7.60. The first kappa shape index (κ1) is 53.6. The molecule has 5 heteroatoms. The molecule has 0 fully saturated rings. The Morgan fingerprint density at radius 1 is 0.411 bits per heavy atom. The Hall–Kier alpha value is -2.40. The van der Waals surface area contributed by atoms with E-state index in [0.717, 1.165) is 51.4 Å². The molecule has 0 aliphatic carbocycles. The number of allylic oxidation sites excluding steroid dienone is 10. The fourth-order valence-corrected chi connectivity index (χ4v) is 6.50. The van der Waals surface area contributed by atoms with Gasteiger partial charge in [0.15, 0.2) is 6.10 Å². The van der Waals surface area contributed by atoms with Crippen molar-refractivity contribution in [1.29, 1.82) is 0 Å². The number of esters is 2. The molecule has 0 saturated carbocycles. The van der Waals surface area contributed by atoms with Crippen LogP contribution in [0.5, 0.6) is 0 Å². The Balaban J connectivity index is 4.33. The maximum Gasteiger partial charge on any atom is 0.306 e. The molecule has 0 aromatic carbocycles. The van der Waals surface area contributed by atoms with Crippen molar-refractivity contribution >= 4 is 11.9 Å². The highest BCUT2D eigenvalue weighted by Gasteiger charge is 2.17. The van der Waals surface area contributed by atoms with E-state index in [4.69, 9.17) is 14.2 Å². The van der Waals surface area contributed by atoms with Crippen LogP contribution in [0.3, 0.4) is 0 Å². The van der Waals surface area contributed by atoms with Gasteiger partial charge >= 0.3 is 11.9 Å². The van der Waals surface area contributed by atoms with E-state index in [2.05, 4.69) is 75.5 Å². The zero-order valence-electron chi connectivity index (χ0n) is 37.1. The number of rotatable bonds is 43. The highest BCUT2D eigenvalue weighted by atomic mass is 16.6. The zero-order chi connectivity index (χ0) is 40.7. The monoisotopic (exact) mass is 783 g/mol. The molecule has 324 valence electrons. The molecule has 0 rings (SSSR count). The van der Waals surface area contributed by atoms with Crippen molar-refractivity contribution in [3.8, 4) is 0 Å². The minimum absolute atomic E-state index is 0.0557. The lowest BCUT2D eigenvalue weighted by atomic mass is 10.0. The van der Waals surface area contributed by atoms with Crippen LogP contribution in [-0.2, 0) is 23.8 Å². The summed E-state index contributed by atoms with van der Waals surface area (Å²) in [5, 5.41) is 0. The van der Waals surface area contributed by atoms with Crippen molar-refractivity contribution in [3.05, 3.63) is 60.8 Å². The van der Waals surface area contributed by atoms with E-state index in [9.17, 15) is 9.59 Å². The minimum atomic E-state index is -0.574. The fourth-order valence-electron chi connectivity index (χ4n) is 6.50. The van der Waals surface area contributed by atoms with E-state index in [1.165, 1.54) is 135 Å². The largest absolute Gasteiger partial charge is 0.462 e. The molecule has 0 bridgehead atoms. The maximum absolute atomic E-state index is 12.7. The molecule has 1 atom stereocenters. The standard InChI is InChI=1S/C51H90O5/c1-4-7-10-13-16-19-22-25-26-28-29-32-35-38-41-44-50(52)55-48-49(47-54-46-43-40-37-34-31-24-21-18-15-12-9-6-3)56-51(53)45-42-39-36-33-30-27-23-20-17-14-11-8-5-2/h8,11,15,17-18,20,27,30,36,39,49H,4-7,9-10,12-14,16,19,21-26,28-29,31-35,37-38,40-48H2,1-3H3/b11-8-,18-15-,20-17-,30-27-,39-36-. The first-order valence-corrected chi connectivity index (χ1v) is 23.8. The Kier molecular flexibility index (Phi) is 45.0. The molecule has 0 N–H and O–H groups in total. The van der Waals surface area contributed by atoms with E-state index in [0.29, 0.717) is 25.9 Å². The lowest BCUT2D eigenvalue weighted by Gasteiger charge is -2.18. The van der Waals surface area contributed by atoms with Crippen molar-refractivity contribution in [2.24, 2.45) is 0 Å². The molecule has 0 aliphatic rings. The highest BCUT2D eigenvalue weighted by molar-refractivity contribution is 5.70. The van der Waals surface area contributed by atoms with E-state index in [1.54, 1.807) is 0 Å². The molecule has 0 spiro atoms. The summed E-state index contributed by atoms with van der Waals surface area (Å²) in [6.07, 6.45) is 58.1. The molecule has 0 radical (unpaired) electrons. The lowest BCUT2D eigenvalue weighted by molar-refractivity contribution is -0.162. The third-order valence-corrected chi connectivity index (χ3v) is 10.1. The SMILES string of the molecule is CC/C=C\C/C=C\C/C=C\C/C=C\CCC(=O)OC(COCCCCCCCC/C=C\CCCC)COC(=O)CCCCCCCCCCCCCCCCC. The fraction of sp³-hybridized carbons (Fsp3) is 0.765. The van der Waals surface area contributed by atoms with Crippen LogP contribution in [0.15, 0.2) is 60.8 Å². The van der Waals surface area contributed by atoms with Crippen LogP contribution >= 0.6 is 0 Å². The average molecular weight is 783 g/mol. The third-order valence-electron chi connectivity index (χ3n) is 10.1. The second kappa shape index (κ2) is 47.0. The van der Waals surface area contributed by atoms with Crippen molar-refractivity contribution in [2.45, 2.75) is 232 Å². The number of unbranched alkanes of at least 4 members (excludes halogenated alkanes) is 22. The van der Waals surface area contributed by atoms with Gasteiger partial charge in [0.2, 0.25) is 0 Å². The van der Waals surface area contributed by atoms with Crippen LogP contribution in [0.4, 0.5) is 0 Å². The van der Waals surface area contributed by atoms with E-state index < -0.39 is 6.10 Å². The van der Waals surface area contributed by atoms with E-state index in [-0.39, 0.29) is 25.2 Å². The van der Waals surface area contributed by atoms with Crippen LogP contribution in [0.1, 0.15) is 226 Å². The predicted molar refractivity (Wildman–Crippen MR) is 242 cm³/mol. The molecule has 0 aliphatic heterocycles. The Morgan fingerprint density at radius 3 is 1.41 bits per heavy atom. The Bertz CT molecular complexity index is 977. The molecule has 0 heterocycles. The normalized spacial score (nSPS) is 12.7. The van der Waals surface area contributed by atoms with Crippen LogP contribution in [0, 0.1) is 0 Å².